The molecule has 1 aliphatic heterocycles. The highest BCUT2D eigenvalue weighted by Gasteiger charge is 2.49. The van der Waals surface area contributed by atoms with Gasteiger partial charge in [0.05, 0.1) is 19.1 Å². The standard InChI is InChI=1S/C28H41NO5Si/c1-28(2,3)35(24-12-7-5-8-13-24,25-14-9-6-10-15-25)33-21-11-19-29(4)20-18-23-22-32-27(34-23)17-16-26(30)31/h5-10,12-15,23,27H,11,16-22H2,1-4H3,(H,30,31). The first kappa shape index (κ1) is 27.6. The molecule has 0 amide bonds. The van der Waals surface area contributed by atoms with Crippen LogP contribution in [-0.2, 0) is 18.7 Å². The van der Waals surface area contributed by atoms with Crippen molar-refractivity contribution >= 4 is 24.7 Å². The fourth-order valence-corrected chi connectivity index (χ4v) is 9.46. The Balaban J connectivity index is 1.53. The van der Waals surface area contributed by atoms with Crippen LogP contribution < -0.4 is 10.4 Å². The molecule has 1 N–H and O–H groups in total. The first-order valence-electron chi connectivity index (χ1n) is 12.6. The van der Waals surface area contributed by atoms with Crippen molar-refractivity contribution < 1.29 is 23.8 Å². The lowest BCUT2D eigenvalue weighted by Gasteiger charge is -2.43. The Morgan fingerprint density at radius 3 is 2.17 bits per heavy atom. The van der Waals surface area contributed by atoms with Crippen molar-refractivity contribution in [2.24, 2.45) is 0 Å². The van der Waals surface area contributed by atoms with E-state index >= 15 is 0 Å². The Labute approximate surface area is 211 Å². The molecule has 1 heterocycles. The topological polar surface area (TPSA) is 68.2 Å². The van der Waals surface area contributed by atoms with E-state index in [2.05, 4.69) is 93.4 Å². The van der Waals surface area contributed by atoms with Crippen molar-refractivity contribution in [3.63, 3.8) is 0 Å². The van der Waals surface area contributed by atoms with Gasteiger partial charge in [-0.05, 0) is 41.8 Å². The number of benzene rings is 2. The third kappa shape index (κ3) is 7.48. The average Bonchev–Trinajstić information content (AvgIpc) is 3.30. The van der Waals surface area contributed by atoms with Gasteiger partial charge in [-0.1, -0.05) is 81.4 Å². The normalized spacial score (nSPS) is 18.8. The zero-order chi connectivity index (χ0) is 25.3. The summed E-state index contributed by atoms with van der Waals surface area (Å²) in [6, 6.07) is 21.5. The van der Waals surface area contributed by atoms with Crippen LogP contribution in [0.5, 0.6) is 0 Å². The molecule has 2 aromatic carbocycles. The molecule has 0 saturated carbocycles. The molecule has 1 aliphatic rings. The maximum atomic E-state index is 10.7. The molecule has 7 heteroatoms. The van der Waals surface area contributed by atoms with E-state index < -0.39 is 14.3 Å². The van der Waals surface area contributed by atoms with Crippen molar-refractivity contribution in [2.75, 3.05) is 33.4 Å². The molecule has 0 aliphatic carbocycles. The minimum atomic E-state index is -2.48. The lowest BCUT2D eigenvalue weighted by molar-refractivity contribution is -0.139. The number of aliphatic carboxylic acids is 1. The molecule has 1 saturated heterocycles. The van der Waals surface area contributed by atoms with Gasteiger partial charge in [0.15, 0.2) is 6.29 Å². The number of rotatable bonds is 13. The van der Waals surface area contributed by atoms with Crippen LogP contribution in [0.4, 0.5) is 0 Å². The zero-order valence-electron chi connectivity index (χ0n) is 21.6. The Morgan fingerprint density at radius 1 is 1.03 bits per heavy atom. The Hall–Kier alpha value is -2.03. The van der Waals surface area contributed by atoms with Crippen molar-refractivity contribution in [1.82, 2.24) is 4.90 Å². The SMILES string of the molecule is CN(CCCO[Si](c1ccccc1)(c1ccccc1)C(C)(C)C)CCC1COC(CCC(=O)O)O1. The van der Waals surface area contributed by atoms with Crippen LogP contribution in [-0.4, -0.2) is 70.0 Å². The summed E-state index contributed by atoms with van der Waals surface area (Å²) in [5.74, 6) is -0.819. The van der Waals surface area contributed by atoms with Gasteiger partial charge in [-0.15, -0.1) is 0 Å². The summed E-state index contributed by atoms with van der Waals surface area (Å²) in [7, 11) is -0.356. The number of hydrogen-bond donors (Lipinski definition) is 1. The van der Waals surface area contributed by atoms with Crippen LogP contribution in [0.3, 0.4) is 0 Å². The van der Waals surface area contributed by atoms with Gasteiger partial charge in [0.1, 0.15) is 0 Å². The first-order valence-corrected chi connectivity index (χ1v) is 14.6. The van der Waals surface area contributed by atoms with E-state index in [4.69, 9.17) is 19.0 Å². The summed E-state index contributed by atoms with van der Waals surface area (Å²) in [6.45, 7) is 10.00. The fraction of sp³-hybridized carbons (Fsp3) is 0.536. The van der Waals surface area contributed by atoms with Gasteiger partial charge in [0.25, 0.3) is 8.32 Å². The second-order valence-corrected chi connectivity index (χ2v) is 14.7. The van der Waals surface area contributed by atoms with E-state index in [-0.39, 0.29) is 23.9 Å². The van der Waals surface area contributed by atoms with Gasteiger partial charge in [-0.3, -0.25) is 4.79 Å². The van der Waals surface area contributed by atoms with Crippen LogP contribution in [0.15, 0.2) is 60.7 Å². The van der Waals surface area contributed by atoms with E-state index in [0.717, 1.165) is 25.9 Å². The van der Waals surface area contributed by atoms with Gasteiger partial charge < -0.3 is 23.9 Å². The summed E-state index contributed by atoms with van der Waals surface area (Å²) in [6.07, 6.45) is 1.94. The first-order chi connectivity index (χ1) is 16.7. The van der Waals surface area contributed by atoms with Crippen LogP contribution in [0, 0.1) is 0 Å². The lowest BCUT2D eigenvalue weighted by Crippen LogP contribution is -2.66. The third-order valence-electron chi connectivity index (χ3n) is 6.66. The molecule has 2 aromatic rings. The minimum Gasteiger partial charge on any atom is -0.481 e. The molecule has 35 heavy (non-hydrogen) atoms. The van der Waals surface area contributed by atoms with Crippen molar-refractivity contribution in [3.8, 4) is 0 Å². The number of ether oxygens (including phenoxy) is 2. The van der Waals surface area contributed by atoms with Gasteiger partial charge >= 0.3 is 5.97 Å². The summed E-state index contributed by atoms with van der Waals surface area (Å²) in [4.78, 5) is 13.0. The van der Waals surface area contributed by atoms with Gasteiger partial charge in [0, 0.05) is 19.6 Å². The smallest absolute Gasteiger partial charge is 0.303 e. The summed E-state index contributed by atoms with van der Waals surface area (Å²) >= 11 is 0. The Bertz CT molecular complexity index is 863. The van der Waals surface area contributed by atoms with Gasteiger partial charge in [-0.25, -0.2) is 0 Å². The van der Waals surface area contributed by atoms with Crippen molar-refractivity contribution in [1.29, 1.82) is 0 Å². The molecule has 6 nitrogen and oxygen atoms in total. The van der Waals surface area contributed by atoms with E-state index in [9.17, 15) is 4.79 Å². The molecule has 0 radical (unpaired) electrons. The zero-order valence-corrected chi connectivity index (χ0v) is 22.6. The summed E-state index contributed by atoms with van der Waals surface area (Å²) in [5, 5.41) is 11.4. The maximum absolute atomic E-state index is 10.7. The lowest BCUT2D eigenvalue weighted by atomic mass is 10.2. The number of nitrogens with zero attached hydrogens (tertiary/aromatic N) is 1. The number of carboxylic acids is 1. The predicted molar refractivity (Wildman–Crippen MR) is 142 cm³/mol. The number of carbonyl (C=O) groups is 1. The summed E-state index contributed by atoms with van der Waals surface area (Å²) in [5.41, 5.74) is 0. The molecule has 2 unspecified atom stereocenters. The molecule has 0 aromatic heterocycles. The predicted octanol–water partition coefficient (Wildman–Crippen LogP) is 3.88. The number of hydrogen-bond acceptors (Lipinski definition) is 5. The average molecular weight is 500 g/mol. The van der Waals surface area contributed by atoms with E-state index in [1.54, 1.807) is 0 Å². The largest absolute Gasteiger partial charge is 0.481 e. The summed E-state index contributed by atoms with van der Waals surface area (Å²) < 4.78 is 18.4. The quantitative estimate of drug-likeness (QED) is 0.333. The van der Waals surface area contributed by atoms with Gasteiger partial charge in [0.2, 0.25) is 0 Å². The Morgan fingerprint density at radius 2 is 1.63 bits per heavy atom. The van der Waals surface area contributed by atoms with Crippen LogP contribution >= 0.6 is 0 Å². The second-order valence-electron chi connectivity index (χ2n) is 10.4. The van der Waals surface area contributed by atoms with E-state index in [1.807, 2.05) is 0 Å². The molecule has 192 valence electrons. The molecule has 1 fully saturated rings. The monoisotopic (exact) mass is 499 g/mol. The molecule has 3 rings (SSSR count). The highest BCUT2D eigenvalue weighted by Crippen LogP contribution is 2.36. The minimum absolute atomic E-state index is 0.0153. The number of carboxylic acid groups (broad SMARTS) is 1. The highest BCUT2D eigenvalue weighted by atomic mass is 28.4. The van der Waals surface area contributed by atoms with Gasteiger partial charge in [-0.2, -0.15) is 0 Å². The van der Waals surface area contributed by atoms with E-state index in [1.165, 1.54) is 10.4 Å². The molecular weight excluding hydrogens is 458 g/mol. The molecule has 2 atom stereocenters. The van der Waals surface area contributed by atoms with Crippen LogP contribution in [0.1, 0.15) is 46.5 Å². The maximum Gasteiger partial charge on any atom is 0.303 e. The molecule has 0 bridgehead atoms. The highest BCUT2D eigenvalue weighted by molar-refractivity contribution is 6.99. The van der Waals surface area contributed by atoms with E-state index in [0.29, 0.717) is 19.6 Å². The van der Waals surface area contributed by atoms with Crippen LogP contribution in [0.25, 0.3) is 0 Å². The van der Waals surface area contributed by atoms with Crippen LogP contribution in [0.2, 0.25) is 5.04 Å². The van der Waals surface area contributed by atoms with Crippen molar-refractivity contribution in [3.05, 3.63) is 60.7 Å². The third-order valence-corrected chi connectivity index (χ3v) is 11.7. The Kier molecular flexibility index (Phi) is 10.1. The second kappa shape index (κ2) is 12.8. The molecular formula is C28H41NO5Si. The van der Waals surface area contributed by atoms with Crippen molar-refractivity contribution in [2.45, 2.75) is 63.9 Å². The fourth-order valence-electron chi connectivity index (χ4n) is 4.85. The molecule has 0 spiro atoms.